The summed E-state index contributed by atoms with van der Waals surface area (Å²) in [6.07, 6.45) is -2.93. The molecule has 0 amide bonds. The lowest BCUT2D eigenvalue weighted by Gasteiger charge is -2.29. The summed E-state index contributed by atoms with van der Waals surface area (Å²) in [4.78, 5) is 0. The van der Waals surface area contributed by atoms with Gasteiger partial charge >= 0.3 is 6.18 Å². The molecule has 0 aliphatic carbocycles. The number of hydrogen-bond acceptors (Lipinski definition) is 2. The van der Waals surface area contributed by atoms with Crippen molar-refractivity contribution >= 4 is 11.6 Å². The number of benzene rings is 1. The van der Waals surface area contributed by atoms with Crippen LogP contribution in [0.5, 0.6) is 5.75 Å². The summed E-state index contributed by atoms with van der Waals surface area (Å²) < 4.78 is 44.5. The van der Waals surface area contributed by atoms with E-state index in [9.17, 15) is 13.2 Å². The SMILES string of the molecule is COc1cc(C(F)(F)F)c(C2(C)CCCN2)cc1Cl. The Hall–Kier alpha value is -0.940. The van der Waals surface area contributed by atoms with Crippen LogP contribution < -0.4 is 10.1 Å². The van der Waals surface area contributed by atoms with E-state index in [1.54, 1.807) is 6.92 Å². The van der Waals surface area contributed by atoms with Gasteiger partial charge in [-0.15, -0.1) is 0 Å². The van der Waals surface area contributed by atoms with Gasteiger partial charge in [0.1, 0.15) is 5.75 Å². The zero-order chi connectivity index (χ0) is 14.3. The van der Waals surface area contributed by atoms with Gasteiger partial charge in [0.05, 0.1) is 17.7 Å². The van der Waals surface area contributed by atoms with E-state index in [0.29, 0.717) is 13.0 Å². The Labute approximate surface area is 114 Å². The number of nitrogens with one attached hydrogen (secondary N) is 1. The molecule has 2 nitrogen and oxygen atoms in total. The standard InChI is InChI=1S/C13H15ClF3NO/c1-12(4-3-5-18-12)8-6-10(14)11(19-2)7-9(8)13(15,16)17/h6-7,18H,3-5H2,1-2H3. The van der Waals surface area contributed by atoms with Crippen molar-refractivity contribution < 1.29 is 17.9 Å². The topological polar surface area (TPSA) is 21.3 Å². The summed E-state index contributed by atoms with van der Waals surface area (Å²) in [6.45, 7) is 2.48. The highest BCUT2D eigenvalue weighted by Crippen LogP contribution is 2.43. The van der Waals surface area contributed by atoms with Crippen LogP contribution in [0.4, 0.5) is 13.2 Å². The van der Waals surface area contributed by atoms with Crippen molar-refractivity contribution in [3.63, 3.8) is 0 Å². The van der Waals surface area contributed by atoms with E-state index in [1.165, 1.54) is 13.2 Å². The summed E-state index contributed by atoms with van der Waals surface area (Å²) in [5.41, 5.74) is -1.20. The second kappa shape index (κ2) is 4.87. The molecule has 1 aliphatic heterocycles. The molecule has 0 aromatic heterocycles. The van der Waals surface area contributed by atoms with Gasteiger partial charge in [-0.25, -0.2) is 0 Å². The molecule has 1 atom stereocenters. The summed E-state index contributed by atoms with van der Waals surface area (Å²) >= 11 is 5.97. The van der Waals surface area contributed by atoms with Crippen molar-refractivity contribution in [2.45, 2.75) is 31.5 Å². The van der Waals surface area contributed by atoms with Crippen LogP contribution in [0.1, 0.15) is 30.9 Å². The number of methoxy groups -OCH3 is 1. The van der Waals surface area contributed by atoms with Gasteiger partial charge in [0.15, 0.2) is 0 Å². The molecule has 1 saturated heterocycles. The van der Waals surface area contributed by atoms with Gasteiger partial charge in [0, 0.05) is 5.54 Å². The molecule has 1 aromatic rings. The Morgan fingerprint density at radius 3 is 2.53 bits per heavy atom. The normalized spacial score (nSPS) is 23.7. The monoisotopic (exact) mass is 293 g/mol. The van der Waals surface area contributed by atoms with Gasteiger partial charge in [-0.3, -0.25) is 0 Å². The van der Waals surface area contributed by atoms with Crippen LogP contribution in [0, 0.1) is 0 Å². The molecule has 106 valence electrons. The molecule has 6 heteroatoms. The molecule has 1 aromatic carbocycles. The van der Waals surface area contributed by atoms with Gasteiger partial charge in [-0.2, -0.15) is 13.2 Å². The quantitative estimate of drug-likeness (QED) is 0.891. The van der Waals surface area contributed by atoms with Crippen molar-refractivity contribution in [1.82, 2.24) is 5.32 Å². The number of rotatable bonds is 2. The van der Waals surface area contributed by atoms with E-state index < -0.39 is 17.3 Å². The van der Waals surface area contributed by atoms with Crippen LogP contribution in [-0.2, 0) is 11.7 Å². The Balaban J connectivity index is 2.61. The first-order valence-corrected chi connectivity index (χ1v) is 6.36. The fourth-order valence-electron chi connectivity index (χ4n) is 2.53. The van der Waals surface area contributed by atoms with Gasteiger partial charge in [0.25, 0.3) is 0 Å². The molecule has 2 rings (SSSR count). The Morgan fingerprint density at radius 2 is 2.05 bits per heavy atom. The molecular weight excluding hydrogens is 279 g/mol. The summed E-state index contributed by atoms with van der Waals surface area (Å²) in [6, 6.07) is 2.34. The smallest absolute Gasteiger partial charge is 0.416 e. The average Bonchev–Trinajstić information content (AvgIpc) is 2.75. The van der Waals surface area contributed by atoms with Gasteiger partial charge in [0.2, 0.25) is 0 Å². The number of alkyl halides is 3. The second-order valence-corrected chi connectivity index (χ2v) is 5.30. The van der Waals surface area contributed by atoms with Crippen LogP contribution in [0.15, 0.2) is 12.1 Å². The predicted octanol–water partition coefficient (Wildman–Crippen LogP) is 3.97. The molecule has 1 fully saturated rings. The third kappa shape index (κ3) is 2.67. The zero-order valence-corrected chi connectivity index (χ0v) is 11.5. The molecule has 1 aliphatic rings. The number of hydrogen-bond donors (Lipinski definition) is 1. The molecule has 1 N–H and O–H groups in total. The van der Waals surface area contributed by atoms with Crippen LogP contribution in [0.2, 0.25) is 5.02 Å². The van der Waals surface area contributed by atoms with Crippen molar-refractivity contribution in [1.29, 1.82) is 0 Å². The number of halogens is 4. The molecule has 0 spiro atoms. The maximum Gasteiger partial charge on any atom is 0.416 e. The highest BCUT2D eigenvalue weighted by atomic mass is 35.5. The van der Waals surface area contributed by atoms with E-state index in [1.807, 2.05) is 0 Å². The lowest BCUT2D eigenvalue weighted by molar-refractivity contribution is -0.139. The largest absolute Gasteiger partial charge is 0.495 e. The molecule has 19 heavy (non-hydrogen) atoms. The third-order valence-corrected chi connectivity index (χ3v) is 3.86. The molecule has 0 saturated carbocycles. The summed E-state index contributed by atoms with van der Waals surface area (Å²) in [5, 5.41) is 3.32. The Kier molecular flexibility index (Phi) is 3.71. The van der Waals surface area contributed by atoms with E-state index >= 15 is 0 Å². The summed E-state index contributed by atoms with van der Waals surface area (Å²) in [7, 11) is 1.30. The highest BCUT2D eigenvalue weighted by molar-refractivity contribution is 6.32. The van der Waals surface area contributed by atoms with Crippen LogP contribution in [-0.4, -0.2) is 13.7 Å². The molecule has 0 radical (unpaired) electrons. The van der Waals surface area contributed by atoms with Crippen molar-refractivity contribution in [2.24, 2.45) is 0 Å². The van der Waals surface area contributed by atoms with E-state index in [0.717, 1.165) is 12.5 Å². The maximum atomic E-state index is 13.2. The second-order valence-electron chi connectivity index (χ2n) is 4.89. The van der Waals surface area contributed by atoms with Gasteiger partial charge < -0.3 is 10.1 Å². The predicted molar refractivity (Wildman–Crippen MR) is 67.6 cm³/mol. The number of ether oxygens (including phenoxy) is 1. The van der Waals surface area contributed by atoms with Crippen molar-refractivity contribution in [3.05, 3.63) is 28.3 Å². The Morgan fingerprint density at radius 1 is 1.37 bits per heavy atom. The molecule has 1 heterocycles. The lowest BCUT2D eigenvalue weighted by atomic mass is 9.86. The van der Waals surface area contributed by atoms with Crippen molar-refractivity contribution in [3.8, 4) is 5.75 Å². The third-order valence-electron chi connectivity index (χ3n) is 3.56. The van der Waals surface area contributed by atoms with E-state index in [2.05, 4.69) is 5.32 Å². The molecule has 1 unspecified atom stereocenters. The van der Waals surface area contributed by atoms with Crippen LogP contribution in [0.25, 0.3) is 0 Å². The summed E-state index contributed by atoms with van der Waals surface area (Å²) in [5.74, 6) is 0.0411. The minimum absolute atomic E-state index is 0.0411. The fourth-order valence-corrected chi connectivity index (χ4v) is 2.77. The minimum Gasteiger partial charge on any atom is -0.495 e. The Bertz CT molecular complexity index is 482. The van der Waals surface area contributed by atoms with Gasteiger partial charge in [-0.1, -0.05) is 11.6 Å². The maximum absolute atomic E-state index is 13.2. The fraction of sp³-hybridized carbons (Fsp3) is 0.538. The molecular formula is C13H15ClF3NO. The zero-order valence-electron chi connectivity index (χ0n) is 10.7. The van der Waals surface area contributed by atoms with Crippen LogP contribution >= 0.6 is 11.6 Å². The average molecular weight is 294 g/mol. The van der Waals surface area contributed by atoms with E-state index in [4.69, 9.17) is 16.3 Å². The van der Waals surface area contributed by atoms with E-state index in [-0.39, 0.29) is 16.3 Å². The highest BCUT2D eigenvalue weighted by Gasteiger charge is 2.41. The minimum atomic E-state index is -4.43. The lowest BCUT2D eigenvalue weighted by Crippen LogP contribution is -2.35. The van der Waals surface area contributed by atoms with Crippen LogP contribution in [0.3, 0.4) is 0 Å². The molecule has 0 bridgehead atoms. The first-order valence-electron chi connectivity index (χ1n) is 5.98. The van der Waals surface area contributed by atoms with Gasteiger partial charge in [-0.05, 0) is 44.0 Å². The first kappa shape index (κ1) is 14.5. The first-order chi connectivity index (χ1) is 8.78. The van der Waals surface area contributed by atoms with Crippen molar-refractivity contribution in [2.75, 3.05) is 13.7 Å².